The fourth-order valence-electron chi connectivity index (χ4n) is 2.79. The van der Waals surface area contributed by atoms with Crippen molar-refractivity contribution in [1.29, 1.82) is 0 Å². The maximum absolute atomic E-state index is 13.6. The number of nitrogens with one attached hydrogen (secondary N) is 3. The summed E-state index contributed by atoms with van der Waals surface area (Å²) in [6.07, 6.45) is 0.468. The molecule has 0 saturated carbocycles. The van der Waals surface area contributed by atoms with Crippen molar-refractivity contribution in [2.45, 2.75) is 19.8 Å². The summed E-state index contributed by atoms with van der Waals surface area (Å²) in [7, 11) is 0. The summed E-state index contributed by atoms with van der Waals surface area (Å²) in [4.78, 5) is 39.5. The van der Waals surface area contributed by atoms with Crippen LogP contribution < -0.4 is 16.0 Å². The first kappa shape index (κ1) is 23.0. The van der Waals surface area contributed by atoms with Gasteiger partial charge in [-0.15, -0.1) is 11.3 Å². The van der Waals surface area contributed by atoms with Crippen molar-refractivity contribution >= 4 is 39.9 Å². The van der Waals surface area contributed by atoms with Crippen molar-refractivity contribution in [3.8, 4) is 11.3 Å². The Balaban J connectivity index is 1.44. The highest BCUT2D eigenvalue weighted by atomic mass is 32.1. The van der Waals surface area contributed by atoms with Crippen LogP contribution in [-0.2, 0) is 9.59 Å². The molecular formula is C22H20F2N4O3S. The second-order valence-corrected chi connectivity index (χ2v) is 7.69. The monoisotopic (exact) mass is 458 g/mol. The fourth-order valence-corrected chi connectivity index (χ4v) is 3.53. The van der Waals surface area contributed by atoms with Crippen molar-refractivity contribution < 1.29 is 23.2 Å². The topological polar surface area (TPSA) is 100 Å². The van der Waals surface area contributed by atoms with Crippen molar-refractivity contribution in [3.05, 3.63) is 65.0 Å². The van der Waals surface area contributed by atoms with E-state index in [4.69, 9.17) is 0 Å². The van der Waals surface area contributed by atoms with Crippen LogP contribution in [0, 0.1) is 11.6 Å². The van der Waals surface area contributed by atoms with Crippen LogP contribution in [0.15, 0.2) is 47.8 Å². The predicted octanol–water partition coefficient (Wildman–Crippen LogP) is 4.20. The molecule has 0 aliphatic heterocycles. The zero-order valence-corrected chi connectivity index (χ0v) is 17.9. The Morgan fingerprint density at radius 3 is 2.47 bits per heavy atom. The highest BCUT2D eigenvalue weighted by Crippen LogP contribution is 2.26. The number of carbonyl (C=O) groups excluding carboxylic acids is 3. The third-order valence-corrected chi connectivity index (χ3v) is 5.05. The second-order valence-electron chi connectivity index (χ2n) is 6.83. The molecule has 1 heterocycles. The van der Waals surface area contributed by atoms with Gasteiger partial charge in [0.05, 0.1) is 11.3 Å². The van der Waals surface area contributed by atoms with Gasteiger partial charge in [-0.1, -0.05) is 12.1 Å². The number of nitrogens with zero attached hydrogens (tertiary/aromatic N) is 1. The van der Waals surface area contributed by atoms with Gasteiger partial charge < -0.3 is 16.0 Å². The van der Waals surface area contributed by atoms with E-state index in [1.165, 1.54) is 18.3 Å². The fraction of sp³-hybridized carbons (Fsp3) is 0.182. The van der Waals surface area contributed by atoms with E-state index in [-0.39, 0.29) is 30.3 Å². The van der Waals surface area contributed by atoms with Gasteiger partial charge >= 0.3 is 0 Å². The van der Waals surface area contributed by atoms with Crippen LogP contribution >= 0.6 is 11.3 Å². The van der Waals surface area contributed by atoms with Gasteiger partial charge in [-0.2, -0.15) is 0 Å². The average Bonchev–Trinajstić information content (AvgIpc) is 3.19. The first-order valence-electron chi connectivity index (χ1n) is 9.68. The van der Waals surface area contributed by atoms with E-state index >= 15 is 0 Å². The standard InChI is InChI=1S/C22H20F2N4O3S/c1-13(29)26-16-7-4-14(5-8-16)19-12-32-22(27-19)28-20(30)3-2-10-25-21(31)17-9-6-15(23)11-18(17)24/h4-9,11-12H,2-3,10H2,1H3,(H,25,31)(H,26,29)(H,27,28,30). The Morgan fingerprint density at radius 1 is 1.03 bits per heavy atom. The van der Waals surface area contributed by atoms with Gasteiger partial charge in [-0.25, -0.2) is 13.8 Å². The Hall–Kier alpha value is -3.66. The maximum Gasteiger partial charge on any atom is 0.254 e. The molecule has 3 aromatic rings. The van der Waals surface area contributed by atoms with E-state index in [0.29, 0.717) is 29.0 Å². The third-order valence-electron chi connectivity index (χ3n) is 4.29. The lowest BCUT2D eigenvalue weighted by atomic mass is 10.1. The summed E-state index contributed by atoms with van der Waals surface area (Å²) in [5.74, 6) is -2.79. The van der Waals surface area contributed by atoms with E-state index in [2.05, 4.69) is 20.9 Å². The number of thiazole rings is 1. The molecule has 0 unspecified atom stereocenters. The Labute approximate surface area is 186 Å². The summed E-state index contributed by atoms with van der Waals surface area (Å²) < 4.78 is 26.5. The third kappa shape index (κ3) is 6.42. The van der Waals surface area contributed by atoms with Crippen LogP contribution in [0.2, 0.25) is 0 Å². The van der Waals surface area contributed by atoms with Crippen LogP contribution in [-0.4, -0.2) is 29.3 Å². The molecule has 0 fully saturated rings. The molecule has 10 heteroatoms. The molecule has 3 N–H and O–H groups in total. The first-order valence-corrected chi connectivity index (χ1v) is 10.6. The number of halogens is 2. The largest absolute Gasteiger partial charge is 0.352 e. The molecule has 32 heavy (non-hydrogen) atoms. The van der Waals surface area contributed by atoms with Gasteiger partial charge in [0.1, 0.15) is 11.6 Å². The normalized spacial score (nSPS) is 10.5. The molecule has 0 atom stereocenters. The summed E-state index contributed by atoms with van der Waals surface area (Å²) in [5.41, 5.74) is 1.95. The van der Waals surface area contributed by atoms with E-state index in [9.17, 15) is 23.2 Å². The summed E-state index contributed by atoms with van der Waals surface area (Å²) in [6.45, 7) is 1.59. The minimum absolute atomic E-state index is 0.131. The molecule has 0 saturated heterocycles. The van der Waals surface area contributed by atoms with E-state index in [1.807, 2.05) is 12.1 Å². The van der Waals surface area contributed by atoms with Crippen LogP contribution in [0.1, 0.15) is 30.1 Å². The van der Waals surface area contributed by atoms with Crippen LogP contribution in [0.4, 0.5) is 19.6 Å². The van der Waals surface area contributed by atoms with Crippen LogP contribution in [0.5, 0.6) is 0 Å². The number of hydrogen-bond donors (Lipinski definition) is 3. The van der Waals surface area contributed by atoms with E-state index in [1.54, 1.807) is 17.5 Å². The van der Waals surface area contributed by atoms with E-state index in [0.717, 1.165) is 17.7 Å². The van der Waals surface area contributed by atoms with Crippen molar-refractivity contribution in [2.75, 3.05) is 17.2 Å². The average molecular weight is 458 g/mol. The van der Waals surface area contributed by atoms with Gasteiger partial charge in [0.15, 0.2) is 5.13 Å². The summed E-state index contributed by atoms with van der Waals surface area (Å²) in [6, 6.07) is 9.88. The Kier molecular flexibility index (Phi) is 7.61. The molecule has 0 aliphatic carbocycles. The number of aromatic nitrogens is 1. The maximum atomic E-state index is 13.6. The van der Waals surface area contributed by atoms with Crippen LogP contribution in [0.3, 0.4) is 0 Å². The molecule has 3 rings (SSSR count). The molecule has 7 nitrogen and oxygen atoms in total. The lowest BCUT2D eigenvalue weighted by Gasteiger charge is -2.06. The van der Waals surface area contributed by atoms with Crippen molar-refractivity contribution in [3.63, 3.8) is 0 Å². The number of rotatable bonds is 8. The number of benzene rings is 2. The number of hydrogen-bond acceptors (Lipinski definition) is 5. The SMILES string of the molecule is CC(=O)Nc1ccc(-c2csc(NC(=O)CCCNC(=O)c3ccc(F)cc3F)n2)cc1. The zero-order chi connectivity index (χ0) is 23.1. The predicted molar refractivity (Wildman–Crippen MR) is 118 cm³/mol. The molecule has 1 aromatic heterocycles. The van der Waals surface area contributed by atoms with Crippen LogP contribution in [0.25, 0.3) is 11.3 Å². The smallest absolute Gasteiger partial charge is 0.254 e. The van der Waals surface area contributed by atoms with Crippen molar-refractivity contribution in [1.82, 2.24) is 10.3 Å². The van der Waals surface area contributed by atoms with Gasteiger partial charge in [0.25, 0.3) is 5.91 Å². The van der Waals surface area contributed by atoms with Crippen molar-refractivity contribution in [2.24, 2.45) is 0 Å². The summed E-state index contributed by atoms with van der Waals surface area (Å²) in [5, 5.41) is 10.1. The number of amides is 3. The lowest BCUT2D eigenvalue weighted by molar-refractivity contribution is -0.116. The lowest BCUT2D eigenvalue weighted by Crippen LogP contribution is -2.26. The van der Waals surface area contributed by atoms with E-state index < -0.39 is 17.5 Å². The molecule has 0 spiro atoms. The first-order chi connectivity index (χ1) is 15.3. The highest BCUT2D eigenvalue weighted by molar-refractivity contribution is 7.14. The molecule has 166 valence electrons. The minimum Gasteiger partial charge on any atom is -0.352 e. The molecule has 2 aromatic carbocycles. The van der Waals surface area contributed by atoms with Gasteiger partial charge in [-0.05, 0) is 30.7 Å². The second kappa shape index (κ2) is 10.6. The number of carbonyl (C=O) groups is 3. The molecule has 0 aliphatic rings. The quantitative estimate of drug-likeness (QED) is 0.441. The minimum atomic E-state index is -0.940. The molecule has 3 amide bonds. The highest BCUT2D eigenvalue weighted by Gasteiger charge is 2.13. The molecule has 0 bridgehead atoms. The van der Waals surface area contributed by atoms with Gasteiger partial charge in [0.2, 0.25) is 11.8 Å². The van der Waals surface area contributed by atoms with Gasteiger partial charge in [0, 0.05) is 42.6 Å². The van der Waals surface area contributed by atoms with Gasteiger partial charge in [-0.3, -0.25) is 14.4 Å². The molecule has 0 radical (unpaired) electrons. The Morgan fingerprint density at radius 2 is 1.78 bits per heavy atom. The summed E-state index contributed by atoms with van der Waals surface area (Å²) >= 11 is 1.28. The zero-order valence-electron chi connectivity index (χ0n) is 17.1. The Bertz CT molecular complexity index is 1130. The number of anilines is 2. The molecular weight excluding hydrogens is 438 g/mol.